The summed E-state index contributed by atoms with van der Waals surface area (Å²) in [4.78, 5) is 24.4. The lowest BCUT2D eigenvalue weighted by Crippen LogP contribution is -3.14. The number of rotatable bonds is 6. The molecule has 1 aromatic rings. The number of quaternary nitrogens is 1. The molecule has 2 amide bonds. The maximum Gasteiger partial charge on any atom is 0.275 e. The Morgan fingerprint density at radius 2 is 1.92 bits per heavy atom. The lowest BCUT2D eigenvalue weighted by atomic mass is 10.2. The van der Waals surface area contributed by atoms with Crippen molar-refractivity contribution < 1.29 is 27.3 Å². The van der Waals surface area contributed by atoms with Gasteiger partial charge in [0.15, 0.2) is 16.4 Å². The summed E-state index contributed by atoms with van der Waals surface area (Å²) < 4.78 is 35.7. The predicted molar refractivity (Wildman–Crippen MR) is 86.9 cm³/mol. The molecule has 0 radical (unpaired) electrons. The van der Waals surface area contributed by atoms with Crippen molar-refractivity contribution in [3.63, 3.8) is 0 Å². The van der Waals surface area contributed by atoms with Crippen molar-refractivity contribution in [2.24, 2.45) is 0 Å². The van der Waals surface area contributed by atoms with E-state index >= 15 is 0 Å². The average Bonchev–Trinajstić information content (AvgIpc) is 2.88. The van der Waals surface area contributed by atoms with Crippen LogP contribution >= 0.6 is 0 Å². The molecule has 2 atom stereocenters. The first-order chi connectivity index (χ1) is 11.2. The SMILES string of the molecule is C[NH+](CC(=O)NCC(=O)Nc1ccc(F)cc1)[C@@H]1CCS(=O)(=O)C1. The first kappa shape index (κ1) is 18.3. The summed E-state index contributed by atoms with van der Waals surface area (Å²) in [6, 6.07) is 5.21. The summed E-state index contributed by atoms with van der Waals surface area (Å²) in [7, 11) is -1.22. The monoisotopic (exact) mass is 358 g/mol. The molecule has 1 aromatic carbocycles. The number of likely N-dealkylation sites (N-methyl/N-ethyl adjacent to an activating group) is 1. The molecule has 1 aliphatic rings. The van der Waals surface area contributed by atoms with Crippen molar-refractivity contribution in [3.8, 4) is 0 Å². The summed E-state index contributed by atoms with van der Waals surface area (Å²) in [5.74, 6) is -0.892. The van der Waals surface area contributed by atoms with Crippen LogP contribution in [0, 0.1) is 5.82 Å². The summed E-state index contributed by atoms with van der Waals surface area (Å²) in [5.41, 5.74) is 0.439. The quantitative estimate of drug-likeness (QED) is 0.582. The maximum atomic E-state index is 12.8. The van der Waals surface area contributed by atoms with E-state index in [1.54, 1.807) is 7.05 Å². The smallest absolute Gasteiger partial charge is 0.275 e. The number of amides is 2. The Bertz CT molecular complexity index is 706. The Labute approximate surface area is 140 Å². The topological polar surface area (TPSA) is 96.8 Å². The average molecular weight is 358 g/mol. The molecule has 1 saturated heterocycles. The standard InChI is InChI=1S/C15H20FN3O4S/c1-19(13-6-7-24(22,23)10-13)9-15(21)17-8-14(20)18-12-4-2-11(16)3-5-12/h2-5,13H,6-10H2,1H3,(H,17,21)(H,18,20)/p+1/t13-/m1/s1. The van der Waals surface area contributed by atoms with Gasteiger partial charge in [0.25, 0.3) is 5.91 Å². The van der Waals surface area contributed by atoms with Crippen LogP contribution in [-0.4, -0.2) is 57.9 Å². The maximum absolute atomic E-state index is 12.8. The van der Waals surface area contributed by atoms with Crippen molar-refractivity contribution in [2.75, 3.05) is 37.0 Å². The van der Waals surface area contributed by atoms with Crippen LogP contribution in [0.5, 0.6) is 0 Å². The van der Waals surface area contributed by atoms with Gasteiger partial charge in [0.05, 0.1) is 19.3 Å². The van der Waals surface area contributed by atoms with Gasteiger partial charge in [-0.05, 0) is 24.3 Å². The molecule has 7 nitrogen and oxygen atoms in total. The van der Waals surface area contributed by atoms with E-state index in [0.29, 0.717) is 12.1 Å². The van der Waals surface area contributed by atoms with E-state index in [1.165, 1.54) is 24.3 Å². The van der Waals surface area contributed by atoms with E-state index in [4.69, 9.17) is 0 Å². The lowest BCUT2D eigenvalue weighted by molar-refractivity contribution is -0.894. The zero-order valence-electron chi connectivity index (χ0n) is 13.3. The molecule has 1 unspecified atom stereocenters. The molecule has 0 spiro atoms. The summed E-state index contributed by atoms with van der Waals surface area (Å²) in [6.45, 7) is -0.101. The zero-order valence-corrected chi connectivity index (χ0v) is 14.2. The van der Waals surface area contributed by atoms with Crippen LogP contribution in [0.4, 0.5) is 10.1 Å². The number of carbonyl (C=O) groups excluding carboxylic acids is 2. The van der Waals surface area contributed by atoms with Crippen LogP contribution < -0.4 is 15.5 Å². The van der Waals surface area contributed by atoms with Crippen LogP contribution in [0.1, 0.15) is 6.42 Å². The number of carbonyl (C=O) groups is 2. The molecule has 0 aromatic heterocycles. The van der Waals surface area contributed by atoms with Gasteiger partial charge in [-0.15, -0.1) is 0 Å². The fraction of sp³-hybridized carbons (Fsp3) is 0.467. The minimum Gasteiger partial charge on any atom is -0.342 e. The Morgan fingerprint density at radius 3 is 2.50 bits per heavy atom. The van der Waals surface area contributed by atoms with Gasteiger partial charge in [-0.25, -0.2) is 12.8 Å². The number of benzene rings is 1. The van der Waals surface area contributed by atoms with Crippen molar-refractivity contribution in [2.45, 2.75) is 12.5 Å². The first-order valence-corrected chi connectivity index (χ1v) is 9.42. The first-order valence-electron chi connectivity index (χ1n) is 7.60. The van der Waals surface area contributed by atoms with E-state index in [0.717, 1.165) is 4.90 Å². The van der Waals surface area contributed by atoms with Crippen molar-refractivity contribution in [1.29, 1.82) is 0 Å². The van der Waals surface area contributed by atoms with Gasteiger partial charge >= 0.3 is 0 Å². The van der Waals surface area contributed by atoms with E-state index in [-0.39, 0.29) is 36.5 Å². The number of nitrogens with one attached hydrogen (secondary N) is 3. The Hall–Kier alpha value is -2.00. The molecule has 0 saturated carbocycles. The molecule has 3 N–H and O–H groups in total. The summed E-state index contributed by atoms with van der Waals surface area (Å²) in [6.07, 6.45) is 0.548. The minimum absolute atomic E-state index is 0.0891. The molecule has 9 heteroatoms. The molecule has 0 bridgehead atoms. The highest BCUT2D eigenvalue weighted by Crippen LogP contribution is 2.08. The summed E-state index contributed by atoms with van der Waals surface area (Å²) in [5, 5.41) is 5.03. The summed E-state index contributed by atoms with van der Waals surface area (Å²) >= 11 is 0. The normalized spacial score (nSPS) is 20.3. The fourth-order valence-electron chi connectivity index (χ4n) is 2.56. The van der Waals surface area contributed by atoms with Gasteiger partial charge in [0.2, 0.25) is 5.91 Å². The van der Waals surface area contributed by atoms with Crippen LogP contribution in [0.3, 0.4) is 0 Å². The third kappa shape index (κ3) is 5.57. The van der Waals surface area contributed by atoms with Gasteiger partial charge in [-0.3, -0.25) is 9.59 Å². The molecule has 132 valence electrons. The molecular formula is C15H21FN3O4S+. The van der Waals surface area contributed by atoms with Gasteiger partial charge in [-0.2, -0.15) is 0 Å². The highest BCUT2D eigenvalue weighted by molar-refractivity contribution is 7.91. The molecule has 24 heavy (non-hydrogen) atoms. The molecule has 1 aliphatic heterocycles. The molecule has 2 rings (SSSR count). The Kier molecular flexibility index (Phi) is 5.89. The van der Waals surface area contributed by atoms with Crippen LogP contribution in [-0.2, 0) is 19.4 Å². The molecule has 1 heterocycles. The van der Waals surface area contributed by atoms with E-state index in [1.807, 2.05) is 0 Å². The number of sulfone groups is 1. The molecule has 0 aliphatic carbocycles. The largest absolute Gasteiger partial charge is 0.342 e. The van der Waals surface area contributed by atoms with Crippen molar-refractivity contribution >= 4 is 27.3 Å². The van der Waals surface area contributed by atoms with Crippen molar-refractivity contribution in [3.05, 3.63) is 30.1 Å². The van der Waals surface area contributed by atoms with Crippen LogP contribution in [0.2, 0.25) is 0 Å². The van der Waals surface area contributed by atoms with Crippen LogP contribution in [0.25, 0.3) is 0 Å². The minimum atomic E-state index is -2.98. The number of anilines is 1. The number of hydrogen-bond donors (Lipinski definition) is 3. The van der Waals surface area contributed by atoms with Crippen LogP contribution in [0.15, 0.2) is 24.3 Å². The fourth-order valence-corrected chi connectivity index (χ4v) is 4.44. The van der Waals surface area contributed by atoms with Gasteiger partial charge in [0, 0.05) is 12.1 Å². The van der Waals surface area contributed by atoms with E-state index in [9.17, 15) is 22.4 Å². The van der Waals surface area contributed by atoms with E-state index < -0.39 is 21.6 Å². The Balaban J connectivity index is 1.72. The highest BCUT2D eigenvalue weighted by Gasteiger charge is 2.34. The van der Waals surface area contributed by atoms with Gasteiger partial charge < -0.3 is 15.5 Å². The van der Waals surface area contributed by atoms with Crippen molar-refractivity contribution in [1.82, 2.24) is 5.32 Å². The second-order valence-corrected chi connectivity index (χ2v) is 8.18. The third-order valence-electron chi connectivity index (χ3n) is 3.94. The van der Waals surface area contributed by atoms with Gasteiger partial charge in [-0.1, -0.05) is 0 Å². The molecular weight excluding hydrogens is 337 g/mol. The molecule has 1 fully saturated rings. The Morgan fingerprint density at radius 1 is 1.25 bits per heavy atom. The van der Waals surface area contributed by atoms with E-state index in [2.05, 4.69) is 10.6 Å². The number of halogens is 1. The highest BCUT2D eigenvalue weighted by atomic mass is 32.2. The predicted octanol–water partition coefficient (Wildman–Crippen LogP) is -1.42. The second kappa shape index (κ2) is 7.71. The second-order valence-electron chi connectivity index (χ2n) is 5.95. The zero-order chi connectivity index (χ0) is 17.7. The lowest BCUT2D eigenvalue weighted by Gasteiger charge is -2.19. The third-order valence-corrected chi connectivity index (χ3v) is 5.71. The number of hydrogen-bond acceptors (Lipinski definition) is 4. The van der Waals surface area contributed by atoms with Gasteiger partial charge in [0.1, 0.15) is 17.6 Å².